The third-order valence-electron chi connectivity index (χ3n) is 3.20. The standard InChI is InChI=1S/C16H14N2O2/c1-20-15-5-2-12(3-6-15)8-14-10-18-9-13(11-19)4-7-16(18)17-14/h2-7,9-11H,8H2,1H3. The normalized spacial score (nSPS) is 10.7. The molecule has 3 rings (SSSR count). The van der Waals surface area contributed by atoms with E-state index in [1.165, 1.54) is 5.56 Å². The van der Waals surface area contributed by atoms with Crippen LogP contribution in [0.4, 0.5) is 0 Å². The zero-order valence-electron chi connectivity index (χ0n) is 11.1. The molecule has 0 N–H and O–H groups in total. The highest BCUT2D eigenvalue weighted by Crippen LogP contribution is 2.15. The van der Waals surface area contributed by atoms with E-state index < -0.39 is 0 Å². The molecule has 4 nitrogen and oxygen atoms in total. The maximum atomic E-state index is 10.8. The van der Waals surface area contributed by atoms with E-state index in [9.17, 15) is 4.79 Å². The minimum atomic E-state index is 0.644. The van der Waals surface area contributed by atoms with Crippen molar-refractivity contribution in [3.8, 4) is 5.75 Å². The molecule has 0 fully saturated rings. The fraction of sp³-hybridized carbons (Fsp3) is 0.125. The molecule has 1 aromatic carbocycles. The van der Waals surface area contributed by atoms with Gasteiger partial charge in [-0.15, -0.1) is 0 Å². The Balaban J connectivity index is 1.87. The van der Waals surface area contributed by atoms with Crippen LogP contribution in [0.15, 0.2) is 48.8 Å². The minimum Gasteiger partial charge on any atom is -0.497 e. The molecule has 0 aliphatic heterocycles. The summed E-state index contributed by atoms with van der Waals surface area (Å²) in [4.78, 5) is 15.3. The molecule has 0 saturated heterocycles. The summed E-state index contributed by atoms with van der Waals surface area (Å²) in [5.74, 6) is 0.847. The number of hydrogen-bond donors (Lipinski definition) is 0. The van der Waals surface area contributed by atoms with E-state index in [1.54, 1.807) is 19.4 Å². The van der Waals surface area contributed by atoms with E-state index in [-0.39, 0.29) is 0 Å². The number of aromatic nitrogens is 2. The van der Waals surface area contributed by atoms with Crippen LogP contribution in [0.3, 0.4) is 0 Å². The molecule has 0 saturated carbocycles. The smallest absolute Gasteiger partial charge is 0.151 e. The fourth-order valence-corrected chi connectivity index (χ4v) is 2.17. The van der Waals surface area contributed by atoms with Gasteiger partial charge in [0.25, 0.3) is 0 Å². The van der Waals surface area contributed by atoms with Gasteiger partial charge in [-0.1, -0.05) is 12.1 Å². The molecule has 2 aromatic heterocycles. The van der Waals surface area contributed by atoms with Crippen LogP contribution in [0.1, 0.15) is 21.6 Å². The lowest BCUT2D eigenvalue weighted by Gasteiger charge is -2.01. The third-order valence-corrected chi connectivity index (χ3v) is 3.20. The topological polar surface area (TPSA) is 43.6 Å². The summed E-state index contributed by atoms with van der Waals surface area (Å²) >= 11 is 0. The molecular formula is C16H14N2O2. The molecule has 2 heterocycles. The van der Waals surface area contributed by atoms with Crippen LogP contribution in [-0.4, -0.2) is 22.8 Å². The molecule has 0 amide bonds. The number of carbonyl (C=O) groups is 1. The van der Waals surface area contributed by atoms with Gasteiger partial charge in [-0.2, -0.15) is 0 Å². The van der Waals surface area contributed by atoms with Crippen molar-refractivity contribution in [2.75, 3.05) is 7.11 Å². The maximum Gasteiger partial charge on any atom is 0.151 e. The first-order valence-electron chi connectivity index (χ1n) is 6.34. The first kappa shape index (κ1) is 12.4. The predicted molar refractivity (Wildman–Crippen MR) is 76.4 cm³/mol. The number of ether oxygens (including phenoxy) is 1. The van der Waals surface area contributed by atoms with Crippen LogP contribution in [-0.2, 0) is 6.42 Å². The van der Waals surface area contributed by atoms with Gasteiger partial charge in [0, 0.05) is 24.4 Å². The number of pyridine rings is 1. The summed E-state index contributed by atoms with van der Waals surface area (Å²) in [6, 6.07) is 11.6. The molecule has 100 valence electrons. The molecule has 0 unspecified atom stereocenters. The summed E-state index contributed by atoms with van der Waals surface area (Å²) < 4.78 is 7.02. The van der Waals surface area contributed by atoms with E-state index in [4.69, 9.17) is 4.74 Å². The molecule has 4 heteroatoms. The number of methoxy groups -OCH3 is 1. The van der Waals surface area contributed by atoms with E-state index >= 15 is 0 Å². The third kappa shape index (κ3) is 2.40. The molecule has 0 radical (unpaired) electrons. The number of aldehydes is 1. The van der Waals surface area contributed by atoms with Crippen LogP contribution in [0, 0.1) is 0 Å². The Morgan fingerprint density at radius 1 is 1.15 bits per heavy atom. The van der Waals surface area contributed by atoms with E-state index in [1.807, 2.05) is 40.9 Å². The van der Waals surface area contributed by atoms with Crippen LogP contribution in [0.25, 0.3) is 5.65 Å². The molecule has 0 bridgehead atoms. The van der Waals surface area contributed by atoms with Gasteiger partial charge in [0.1, 0.15) is 11.4 Å². The summed E-state index contributed by atoms with van der Waals surface area (Å²) in [7, 11) is 1.65. The lowest BCUT2D eigenvalue weighted by atomic mass is 10.1. The first-order chi connectivity index (χ1) is 9.78. The van der Waals surface area contributed by atoms with Gasteiger partial charge in [0.2, 0.25) is 0 Å². The van der Waals surface area contributed by atoms with Crippen molar-refractivity contribution in [2.45, 2.75) is 6.42 Å². The van der Waals surface area contributed by atoms with Crippen molar-refractivity contribution in [3.63, 3.8) is 0 Å². The SMILES string of the molecule is COc1ccc(Cc2cn3cc(C=O)ccc3n2)cc1. The van der Waals surface area contributed by atoms with Crippen LogP contribution >= 0.6 is 0 Å². The highest BCUT2D eigenvalue weighted by atomic mass is 16.5. The summed E-state index contributed by atoms with van der Waals surface area (Å²) in [6.07, 6.45) is 5.32. The number of hydrogen-bond acceptors (Lipinski definition) is 3. The minimum absolute atomic E-state index is 0.644. The zero-order chi connectivity index (χ0) is 13.9. The monoisotopic (exact) mass is 266 g/mol. The van der Waals surface area contributed by atoms with Gasteiger partial charge in [-0.25, -0.2) is 4.98 Å². The summed E-state index contributed by atoms with van der Waals surface area (Å²) in [5, 5.41) is 0. The second-order valence-electron chi connectivity index (χ2n) is 4.60. The van der Waals surface area contributed by atoms with Crippen molar-refractivity contribution >= 4 is 11.9 Å². The molecule has 20 heavy (non-hydrogen) atoms. The zero-order valence-corrected chi connectivity index (χ0v) is 11.1. The number of nitrogens with zero attached hydrogens (tertiary/aromatic N) is 2. The summed E-state index contributed by atoms with van der Waals surface area (Å²) in [6.45, 7) is 0. The van der Waals surface area contributed by atoms with Gasteiger partial charge in [-0.3, -0.25) is 4.79 Å². The number of fused-ring (bicyclic) bond motifs is 1. The average molecular weight is 266 g/mol. The largest absolute Gasteiger partial charge is 0.497 e. The van der Waals surface area contributed by atoms with E-state index in [0.717, 1.165) is 29.8 Å². The van der Waals surface area contributed by atoms with Gasteiger partial charge in [0.15, 0.2) is 6.29 Å². The van der Waals surface area contributed by atoms with Crippen molar-refractivity contribution in [3.05, 3.63) is 65.6 Å². The summed E-state index contributed by atoms with van der Waals surface area (Å²) in [5.41, 5.74) is 3.63. The Bertz CT molecular complexity index is 745. The number of benzene rings is 1. The molecule has 0 spiro atoms. The fourth-order valence-electron chi connectivity index (χ4n) is 2.17. The van der Waals surface area contributed by atoms with Gasteiger partial charge < -0.3 is 9.14 Å². The van der Waals surface area contributed by atoms with Crippen molar-refractivity contribution in [1.82, 2.24) is 9.38 Å². The molecular weight excluding hydrogens is 252 g/mol. The van der Waals surface area contributed by atoms with E-state index in [0.29, 0.717) is 5.56 Å². The second-order valence-corrected chi connectivity index (χ2v) is 4.60. The Morgan fingerprint density at radius 3 is 2.65 bits per heavy atom. The van der Waals surface area contributed by atoms with Crippen LogP contribution in [0.5, 0.6) is 5.75 Å². The van der Waals surface area contributed by atoms with Crippen LogP contribution in [0.2, 0.25) is 0 Å². The quantitative estimate of drug-likeness (QED) is 0.682. The second kappa shape index (κ2) is 5.17. The number of rotatable bonds is 4. The maximum absolute atomic E-state index is 10.8. The van der Waals surface area contributed by atoms with Crippen molar-refractivity contribution in [2.24, 2.45) is 0 Å². The first-order valence-corrected chi connectivity index (χ1v) is 6.34. The predicted octanol–water partition coefficient (Wildman–Crippen LogP) is 2.75. The molecule has 0 aliphatic rings. The Morgan fingerprint density at radius 2 is 1.95 bits per heavy atom. The highest BCUT2D eigenvalue weighted by molar-refractivity contribution is 5.74. The lowest BCUT2D eigenvalue weighted by molar-refractivity contribution is 0.112. The lowest BCUT2D eigenvalue weighted by Crippen LogP contribution is -1.89. The van der Waals surface area contributed by atoms with Crippen molar-refractivity contribution in [1.29, 1.82) is 0 Å². The van der Waals surface area contributed by atoms with Gasteiger partial charge >= 0.3 is 0 Å². The van der Waals surface area contributed by atoms with Crippen molar-refractivity contribution < 1.29 is 9.53 Å². The Kier molecular flexibility index (Phi) is 3.21. The Labute approximate surface area is 116 Å². The number of imidazole rings is 1. The van der Waals surface area contributed by atoms with E-state index in [2.05, 4.69) is 4.98 Å². The van der Waals surface area contributed by atoms with Crippen LogP contribution < -0.4 is 4.74 Å². The number of carbonyl (C=O) groups excluding carboxylic acids is 1. The van der Waals surface area contributed by atoms with Gasteiger partial charge in [-0.05, 0) is 29.8 Å². The molecule has 0 atom stereocenters. The average Bonchev–Trinajstić information content (AvgIpc) is 2.89. The molecule has 0 aliphatic carbocycles. The Hall–Kier alpha value is -2.62. The van der Waals surface area contributed by atoms with Gasteiger partial charge in [0.05, 0.1) is 12.8 Å². The molecule has 3 aromatic rings. The highest BCUT2D eigenvalue weighted by Gasteiger charge is 2.04.